The normalized spacial score (nSPS) is 13.6. The number of carbonyl (C=O) groups is 5. The first-order valence-corrected chi connectivity index (χ1v) is 11.7. The maximum absolute atomic E-state index is 13.5. The van der Waals surface area contributed by atoms with Crippen molar-refractivity contribution in [3.63, 3.8) is 0 Å². The Morgan fingerprint density at radius 2 is 1.68 bits per heavy atom. The third-order valence-electron chi connectivity index (χ3n) is 5.43. The molecular weight excluding hydrogens is 458 g/mol. The van der Waals surface area contributed by atoms with Crippen molar-refractivity contribution >= 4 is 45.9 Å². The van der Waals surface area contributed by atoms with Crippen LogP contribution in [0.4, 0.5) is 5.00 Å². The van der Waals surface area contributed by atoms with Gasteiger partial charge in [0, 0.05) is 7.05 Å². The Morgan fingerprint density at radius 1 is 1.09 bits per heavy atom. The number of nitrogens with one attached hydrogen (secondary N) is 2. The molecule has 0 saturated carbocycles. The molecule has 1 aromatic carbocycles. The lowest BCUT2D eigenvalue weighted by atomic mass is 10.0. The number of thiophene rings is 1. The number of rotatable bonds is 8. The molecule has 180 valence electrons. The van der Waals surface area contributed by atoms with Gasteiger partial charge in [0.25, 0.3) is 17.7 Å². The molecule has 2 aromatic rings. The molecule has 0 aliphatic carbocycles. The van der Waals surface area contributed by atoms with Gasteiger partial charge in [0.1, 0.15) is 11.0 Å². The summed E-state index contributed by atoms with van der Waals surface area (Å²) in [7, 11) is 1.46. The summed E-state index contributed by atoms with van der Waals surface area (Å²) in [6, 6.07) is 5.32. The van der Waals surface area contributed by atoms with Gasteiger partial charge in [0.05, 0.1) is 28.2 Å². The van der Waals surface area contributed by atoms with Gasteiger partial charge in [-0.25, -0.2) is 4.79 Å². The van der Waals surface area contributed by atoms with E-state index >= 15 is 0 Å². The minimum absolute atomic E-state index is 0.0175. The Labute approximate surface area is 201 Å². The van der Waals surface area contributed by atoms with E-state index in [0.29, 0.717) is 5.56 Å². The van der Waals surface area contributed by atoms with Crippen LogP contribution in [-0.4, -0.2) is 54.2 Å². The molecule has 10 heteroatoms. The molecule has 0 spiro atoms. The van der Waals surface area contributed by atoms with Crippen LogP contribution in [-0.2, 0) is 9.53 Å². The van der Waals surface area contributed by atoms with Crippen LogP contribution in [0, 0.1) is 12.8 Å². The van der Waals surface area contributed by atoms with Crippen LogP contribution in [0.2, 0.25) is 0 Å². The Morgan fingerprint density at radius 3 is 2.18 bits per heavy atom. The van der Waals surface area contributed by atoms with Crippen molar-refractivity contribution < 1.29 is 28.7 Å². The zero-order valence-corrected chi connectivity index (χ0v) is 20.5. The quantitative estimate of drug-likeness (QED) is 0.437. The average molecular weight is 486 g/mol. The molecule has 1 aliphatic rings. The van der Waals surface area contributed by atoms with Crippen LogP contribution < -0.4 is 10.6 Å². The summed E-state index contributed by atoms with van der Waals surface area (Å²) in [5, 5.41) is 5.33. The predicted molar refractivity (Wildman–Crippen MR) is 127 cm³/mol. The first-order valence-electron chi connectivity index (χ1n) is 10.9. The van der Waals surface area contributed by atoms with E-state index in [2.05, 4.69) is 10.6 Å². The van der Waals surface area contributed by atoms with Crippen molar-refractivity contribution in [2.45, 2.75) is 40.2 Å². The van der Waals surface area contributed by atoms with Gasteiger partial charge >= 0.3 is 5.97 Å². The zero-order chi connectivity index (χ0) is 25.2. The van der Waals surface area contributed by atoms with Crippen molar-refractivity contribution in [2.75, 3.05) is 19.0 Å². The van der Waals surface area contributed by atoms with Gasteiger partial charge in [-0.2, -0.15) is 0 Å². The highest BCUT2D eigenvalue weighted by atomic mass is 32.1. The minimum atomic E-state index is -1.10. The van der Waals surface area contributed by atoms with Crippen molar-refractivity contribution in [1.82, 2.24) is 10.2 Å². The molecule has 1 aliphatic heterocycles. The molecular formula is C24H27N3O6S. The molecule has 0 radical (unpaired) electrons. The van der Waals surface area contributed by atoms with Gasteiger partial charge in [-0.15, -0.1) is 11.3 Å². The lowest BCUT2D eigenvalue weighted by Crippen LogP contribution is -2.48. The first-order chi connectivity index (χ1) is 16.1. The summed E-state index contributed by atoms with van der Waals surface area (Å²) >= 11 is 0.936. The van der Waals surface area contributed by atoms with Crippen LogP contribution in [0.1, 0.15) is 73.5 Å². The van der Waals surface area contributed by atoms with Crippen LogP contribution >= 0.6 is 11.3 Å². The van der Waals surface area contributed by atoms with E-state index in [9.17, 15) is 24.0 Å². The lowest BCUT2D eigenvalue weighted by Gasteiger charge is -2.26. The van der Waals surface area contributed by atoms with E-state index in [1.807, 2.05) is 13.8 Å². The minimum Gasteiger partial charge on any atom is -0.462 e. The van der Waals surface area contributed by atoms with Gasteiger partial charge in [-0.1, -0.05) is 26.0 Å². The number of esters is 1. The molecule has 9 nitrogen and oxygen atoms in total. The largest absolute Gasteiger partial charge is 0.462 e. The third kappa shape index (κ3) is 4.58. The number of anilines is 1. The van der Waals surface area contributed by atoms with Gasteiger partial charge in [0.15, 0.2) is 0 Å². The molecule has 1 atom stereocenters. The second-order valence-electron chi connectivity index (χ2n) is 8.22. The summed E-state index contributed by atoms with van der Waals surface area (Å²) in [5.74, 6) is -2.81. The molecule has 0 unspecified atom stereocenters. The van der Waals surface area contributed by atoms with Crippen LogP contribution in [0.3, 0.4) is 0 Å². The fourth-order valence-corrected chi connectivity index (χ4v) is 4.99. The molecule has 1 aromatic heterocycles. The zero-order valence-electron chi connectivity index (χ0n) is 19.7. The topological polar surface area (TPSA) is 122 Å². The summed E-state index contributed by atoms with van der Waals surface area (Å²) < 4.78 is 5.13. The van der Waals surface area contributed by atoms with Gasteiger partial charge in [-0.05, 0) is 43.9 Å². The molecule has 34 heavy (non-hydrogen) atoms. The van der Waals surface area contributed by atoms with Crippen molar-refractivity contribution in [3.8, 4) is 0 Å². The molecule has 2 N–H and O–H groups in total. The monoisotopic (exact) mass is 485 g/mol. The number of hydrogen-bond acceptors (Lipinski definition) is 7. The number of hydrogen-bond donors (Lipinski definition) is 2. The molecule has 4 amide bonds. The van der Waals surface area contributed by atoms with Crippen LogP contribution in [0.25, 0.3) is 0 Å². The summed E-state index contributed by atoms with van der Waals surface area (Å²) in [6.07, 6.45) is 0.221. The highest BCUT2D eigenvalue weighted by molar-refractivity contribution is 7.18. The molecule has 0 bridgehead atoms. The lowest BCUT2D eigenvalue weighted by molar-refractivity contribution is -0.120. The van der Waals surface area contributed by atoms with Gasteiger partial charge in [0.2, 0.25) is 5.91 Å². The highest BCUT2D eigenvalue weighted by Gasteiger charge is 2.43. The number of ether oxygens (including phenoxy) is 1. The average Bonchev–Trinajstić information content (AvgIpc) is 3.25. The maximum Gasteiger partial charge on any atom is 0.341 e. The van der Waals surface area contributed by atoms with E-state index in [1.54, 1.807) is 38.1 Å². The molecule has 0 saturated heterocycles. The molecule has 0 fully saturated rings. The maximum atomic E-state index is 13.5. The Kier molecular flexibility index (Phi) is 7.51. The number of fused-ring (bicyclic) bond motifs is 1. The molecule has 2 heterocycles. The number of imide groups is 1. The summed E-state index contributed by atoms with van der Waals surface area (Å²) in [6.45, 7) is 7.11. The van der Waals surface area contributed by atoms with Crippen LogP contribution in [0.15, 0.2) is 24.3 Å². The Balaban J connectivity index is 2.00. The Hall–Kier alpha value is -3.53. The van der Waals surface area contributed by atoms with Gasteiger partial charge in [-0.3, -0.25) is 24.1 Å². The summed E-state index contributed by atoms with van der Waals surface area (Å²) in [4.78, 5) is 65.7. The fraction of sp³-hybridized carbons (Fsp3) is 0.375. The number of amides is 4. The number of nitrogens with zero attached hydrogens (tertiary/aromatic N) is 1. The van der Waals surface area contributed by atoms with Crippen molar-refractivity contribution in [3.05, 3.63) is 51.4 Å². The van der Waals surface area contributed by atoms with Crippen molar-refractivity contribution in [1.29, 1.82) is 0 Å². The van der Waals surface area contributed by atoms with E-state index in [4.69, 9.17) is 4.74 Å². The third-order valence-corrected chi connectivity index (χ3v) is 6.64. The first kappa shape index (κ1) is 25.1. The highest BCUT2D eigenvalue weighted by Crippen LogP contribution is 2.35. The second kappa shape index (κ2) is 10.2. The standard InChI is InChI=1S/C24H27N3O6S/c1-6-33-24(32)17-13(4)18(20(29)25-5)34-21(17)26-19(28)16(11-12(2)3)27-22(30)14-9-7-8-10-15(14)23(27)31/h7-10,12,16H,6,11H2,1-5H3,(H,25,29)(H,26,28)/t16-/m0/s1. The number of carbonyl (C=O) groups excluding carboxylic acids is 5. The smallest absolute Gasteiger partial charge is 0.341 e. The van der Waals surface area contributed by atoms with E-state index in [1.165, 1.54) is 7.05 Å². The number of benzene rings is 1. The van der Waals surface area contributed by atoms with E-state index in [0.717, 1.165) is 16.2 Å². The Bertz CT molecular complexity index is 1130. The van der Waals surface area contributed by atoms with E-state index < -0.39 is 35.6 Å². The van der Waals surface area contributed by atoms with Crippen LogP contribution in [0.5, 0.6) is 0 Å². The van der Waals surface area contributed by atoms with Gasteiger partial charge < -0.3 is 15.4 Å². The second-order valence-corrected chi connectivity index (χ2v) is 9.24. The summed E-state index contributed by atoms with van der Waals surface area (Å²) in [5.41, 5.74) is 0.939. The van der Waals surface area contributed by atoms with Crippen molar-refractivity contribution in [2.24, 2.45) is 5.92 Å². The SMILES string of the molecule is CCOC(=O)c1c(NC(=O)[C@H](CC(C)C)N2C(=O)c3ccccc3C2=O)sc(C(=O)NC)c1C. The predicted octanol–water partition coefficient (Wildman–Crippen LogP) is 3.24. The fourth-order valence-electron chi connectivity index (χ4n) is 3.84. The van der Waals surface area contributed by atoms with E-state index in [-0.39, 0.29) is 45.5 Å². The molecule has 3 rings (SSSR count).